The smallest absolute Gasteiger partial charge is 0.406 e. The number of halogens is 6. The topological polar surface area (TPSA) is 83.0 Å². The van der Waals surface area contributed by atoms with E-state index in [-0.39, 0.29) is 17.4 Å². The fourth-order valence-electron chi connectivity index (χ4n) is 6.77. The van der Waals surface area contributed by atoms with Gasteiger partial charge in [0, 0.05) is 87.3 Å². The number of aromatic nitrogens is 1. The van der Waals surface area contributed by atoms with E-state index in [4.69, 9.17) is 0 Å². The molecule has 1 amide bonds. The minimum absolute atomic E-state index is 0.0426. The molecule has 1 aromatic heterocycles. The van der Waals surface area contributed by atoms with E-state index in [0.717, 1.165) is 34.1 Å². The Morgan fingerprint density at radius 3 is 2.25 bits per heavy atom. The van der Waals surface area contributed by atoms with Gasteiger partial charge in [-0.25, -0.2) is 0 Å². The van der Waals surface area contributed by atoms with Gasteiger partial charge in [0.25, 0.3) is 0 Å². The average Bonchev–Trinajstić information content (AvgIpc) is 3.45. The molecule has 1 unspecified atom stereocenters. The molecule has 2 aliphatic heterocycles. The molecule has 1 atom stereocenters. The van der Waals surface area contributed by atoms with E-state index in [1.807, 2.05) is 19.2 Å². The van der Waals surface area contributed by atoms with E-state index < -0.39 is 18.3 Å². The fourth-order valence-corrected chi connectivity index (χ4v) is 6.77. The summed E-state index contributed by atoms with van der Waals surface area (Å²) in [7, 11) is 0. The zero-order chi connectivity index (χ0) is 36.9. The van der Waals surface area contributed by atoms with Crippen molar-refractivity contribution in [2.24, 2.45) is 0 Å². The quantitative estimate of drug-likeness (QED) is 0.118. The Balaban J connectivity index is 1.14. The second-order valence-corrected chi connectivity index (χ2v) is 13.4. The largest absolute Gasteiger partial charge is 0.573 e. The summed E-state index contributed by atoms with van der Waals surface area (Å²) in [4.78, 5) is 17.3. The summed E-state index contributed by atoms with van der Waals surface area (Å²) in [5.74, 6) is -0.535. The first-order valence-corrected chi connectivity index (χ1v) is 17.3. The predicted octanol–water partition coefficient (Wildman–Crippen LogP) is 6.23. The van der Waals surface area contributed by atoms with Crippen LogP contribution in [0.2, 0.25) is 0 Å². The maximum Gasteiger partial charge on any atom is 0.573 e. The first-order valence-electron chi connectivity index (χ1n) is 17.3. The van der Waals surface area contributed by atoms with Gasteiger partial charge in [0.1, 0.15) is 11.5 Å². The summed E-state index contributed by atoms with van der Waals surface area (Å²) in [5, 5.41) is 10.4. The van der Waals surface area contributed by atoms with Crippen LogP contribution in [0.25, 0.3) is 22.0 Å². The van der Waals surface area contributed by atoms with Crippen LogP contribution in [0.15, 0.2) is 72.9 Å². The van der Waals surface area contributed by atoms with Crippen LogP contribution in [0.4, 0.5) is 26.3 Å². The maximum absolute atomic E-state index is 12.9. The van der Waals surface area contributed by atoms with Gasteiger partial charge in [-0.2, -0.15) is 0 Å². The van der Waals surface area contributed by atoms with Crippen molar-refractivity contribution in [3.8, 4) is 22.6 Å². The second kappa shape index (κ2) is 15.7. The fraction of sp³-hybridized carbons (Fsp3) is 0.432. The van der Waals surface area contributed by atoms with Gasteiger partial charge in [-0.15, -0.1) is 26.3 Å². The number of benzene rings is 3. The van der Waals surface area contributed by atoms with Crippen molar-refractivity contribution in [2.45, 2.75) is 57.7 Å². The van der Waals surface area contributed by atoms with Crippen LogP contribution in [0.1, 0.15) is 30.9 Å². The number of carbonyl (C=O) groups excluding carboxylic acids is 1. The van der Waals surface area contributed by atoms with Crippen LogP contribution in [-0.2, 0) is 24.4 Å². The highest BCUT2D eigenvalue weighted by Gasteiger charge is 2.34. The number of aryl methyl sites for hydroxylation is 1. The van der Waals surface area contributed by atoms with Gasteiger partial charge in [0.2, 0.25) is 5.91 Å². The third-order valence-electron chi connectivity index (χ3n) is 9.58. The van der Waals surface area contributed by atoms with Crippen LogP contribution in [0.3, 0.4) is 0 Å². The molecule has 0 spiro atoms. The molecule has 0 radical (unpaired) electrons. The monoisotopic (exact) mass is 732 g/mol. The number of nitrogens with one attached hydrogen (secondary N) is 3. The molecule has 3 heterocycles. The van der Waals surface area contributed by atoms with Gasteiger partial charge in [0.15, 0.2) is 0 Å². The SMILES string of the molecule is CC1(C(=O)NCCCn2cc(-c3ccc(OC(F)(F)F)cc3)c3cc(CN4CCN(Cc5ccccc5OC(F)(F)F)CC4)ccc32)CCNCN1. The highest BCUT2D eigenvalue weighted by Crippen LogP contribution is 2.34. The number of carbonyl (C=O) groups is 1. The molecule has 2 aliphatic rings. The summed E-state index contributed by atoms with van der Waals surface area (Å²) in [6.45, 7) is 8.06. The van der Waals surface area contributed by atoms with Gasteiger partial charge in [-0.3, -0.25) is 19.9 Å². The van der Waals surface area contributed by atoms with Crippen LogP contribution < -0.4 is 25.4 Å². The number of nitrogens with zero attached hydrogens (tertiary/aromatic N) is 3. The molecule has 2 fully saturated rings. The number of rotatable bonds is 12. The first-order chi connectivity index (χ1) is 24.7. The van der Waals surface area contributed by atoms with Crippen molar-refractivity contribution in [3.05, 3.63) is 84.1 Å². The van der Waals surface area contributed by atoms with E-state index >= 15 is 0 Å². The molecule has 4 aromatic rings. The third-order valence-corrected chi connectivity index (χ3v) is 9.58. The normalized spacial score (nSPS) is 19.1. The van der Waals surface area contributed by atoms with Crippen LogP contribution in [0.5, 0.6) is 11.5 Å². The highest BCUT2D eigenvalue weighted by atomic mass is 19.4. The number of amides is 1. The summed E-state index contributed by atoms with van der Waals surface area (Å²) in [5.41, 5.74) is 3.45. The highest BCUT2D eigenvalue weighted by molar-refractivity contribution is 5.96. The lowest BCUT2D eigenvalue weighted by molar-refractivity contribution is -0.275. The summed E-state index contributed by atoms with van der Waals surface area (Å²) >= 11 is 0. The zero-order valence-electron chi connectivity index (χ0n) is 28.7. The lowest BCUT2D eigenvalue weighted by Gasteiger charge is -2.35. The Kier molecular flexibility index (Phi) is 11.3. The van der Waals surface area contributed by atoms with E-state index in [9.17, 15) is 31.1 Å². The standard InChI is InChI=1S/C37H42F6N6O3/c1-35(13-15-44-25-46-35)34(50)45-14-4-16-49-24-31(27-8-10-29(11-9-27)51-36(38,39)40)30-21-26(7-12-32(30)49)22-47-17-19-48(20-18-47)23-28-5-2-3-6-33(28)52-37(41,42)43/h2-3,5-12,21,24,44,46H,4,13-20,22-23,25H2,1H3,(H,45,50). The lowest BCUT2D eigenvalue weighted by atomic mass is 9.95. The van der Waals surface area contributed by atoms with Gasteiger partial charge in [0.05, 0.1) is 5.54 Å². The molecule has 9 nitrogen and oxygen atoms in total. The van der Waals surface area contributed by atoms with Crippen molar-refractivity contribution < 1.29 is 40.6 Å². The predicted molar refractivity (Wildman–Crippen MR) is 184 cm³/mol. The molecule has 0 bridgehead atoms. The Hall–Kier alpha value is -4.31. The van der Waals surface area contributed by atoms with E-state index in [1.165, 1.54) is 24.3 Å². The van der Waals surface area contributed by atoms with Crippen molar-refractivity contribution in [1.29, 1.82) is 0 Å². The molecular formula is C37H42F6N6O3. The number of fused-ring (bicyclic) bond motifs is 1. The molecule has 15 heteroatoms. The van der Waals surface area contributed by atoms with E-state index in [0.29, 0.717) is 77.4 Å². The maximum atomic E-state index is 12.9. The molecule has 3 N–H and O–H groups in total. The van der Waals surface area contributed by atoms with Gasteiger partial charge in [-0.1, -0.05) is 36.4 Å². The molecule has 2 saturated heterocycles. The number of alkyl halides is 6. The Bertz CT molecular complexity index is 1810. The number of piperazine rings is 1. The van der Waals surface area contributed by atoms with Crippen molar-refractivity contribution in [1.82, 2.24) is 30.3 Å². The molecule has 0 aliphatic carbocycles. The van der Waals surface area contributed by atoms with Crippen molar-refractivity contribution in [2.75, 3.05) is 45.9 Å². The lowest BCUT2D eigenvalue weighted by Crippen LogP contribution is -2.61. The van der Waals surface area contributed by atoms with Crippen molar-refractivity contribution >= 4 is 16.8 Å². The first kappa shape index (κ1) is 37.4. The van der Waals surface area contributed by atoms with Gasteiger partial charge < -0.3 is 24.7 Å². The third kappa shape index (κ3) is 9.76. The summed E-state index contributed by atoms with van der Waals surface area (Å²) in [6, 6.07) is 18.2. The molecule has 52 heavy (non-hydrogen) atoms. The zero-order valence-corrected chi connectivity index (χ0v) is 28.7. The number of ether oxygens (including phenoxy) is 2. The molecule has 0 saturated carbocycles. The molecule has 280 valence electrons. The Labute approximate surface area is 297 Å². The van der Waals surface area contributed by atoms with Crippen LogP contribution >= 0.6 is 0 Å². The Morgan fingerprint density at radius 1 is 0.885 bits per heavy atom. The van der Waals surface area contributed by atoms with E-state index in [1.54, 1.807) is 24.3 Å². The molecule has 6 rings (SSSR count). The van der Waals surface area contributed by atoms with E-state index in [2.05, 4.69) is 51.9 Å². The number of hydrogen-bond acceptors (Lipinski definition) is 7. The number of hydrogen-bond donors (Lipinski definition) is 3. The molecule has 3 aromatic carbocycles. The minimum Gasteiger partial charge on any atom is -0.406 e. The van der Waals surface area contributed by atoms with Crippen LogP contribution in [-0.4, -0.2) is 84.5 Å². The number of para-hydroxylation sites is 1. The Morgan fingerprint density at radius 2 is 1.58 bits per heavy atom. The average molecular weight is 733 g/mol. The second-order valence-electron chi connectivity index (χ2n) is 13.4. The van der Waals surface area contributed by atoms with Gasteiger partial charge in [-0.05, 0) is 67.8 Å². The molecular weight excluding hydrogens is 690 g/mol. The van der Waals surface area contributed by atoms with Gasteiger partial charge >= 0.3 is 12.7 Å². The van der Waals surface area contributed by atoms with Crippen molar-refractivity contribution in [3.63, 3.8) is 0 Å². The summed E-state index contributed by atoms with van der Waals surface area (Å²) < 4.78 is 87.6. The minimum atomic E-state index is -4.79. The van der Waals surface area contributed by atoms with Crippen LogP contribution in [0, 0.1) is 0 Å². The summed E-state index contributed by atoms with van der Waals surface area (Å²) in [6.07, 6.45) is -6.21.